The van der Waals surface area contributed by atoms with E-state index in [9.17, 15) is 4.79 Å². The van der Waals surface area contributed by atoms with Gasteiger partial charge in [0.1, 0.15) is 0 Å². The number of amides is 2. The summed E-state index contributed by atoms with van der Waals surface area (Å²) < 4.78 is 5.90. The number of carbonyl (C=O) groups is 1. The van der Waals surface area contributed by atoms with Crippen molar-refractivity contribution in [1.29, 1.82) is 0 Å². The predicted octanol–water partition coefficient (Wildman–Crippen LogP) is 1.61. The van der Waals surface area contributed by atoms with Crippen molar-refractivity contribution in [2.45, 2.75) is 45.8 Å². The Labute approximate surface area is 92.0 Å². The molecule has 0 aliphatic carbocycles. The molecule has 1 saturated heterocycles. The number of nitrogens with one attached hydrogen (secondary N) is 1. The lowest BCUT2D eigenvalue weighted by Gasteiger charge is -2.46. The molecule has 0 aromatic rings. The lowest BCUT2D eigenvalue weighted by Crippen LogP contribution is -2.60. The second-order valence-corrected chi connectivity index (χ2v) is 5.31. The molecule has 1 fully saturated rings. The normalized spacial score (nSPS) is 23.7. The molecule has 0 aromatic carbocycles. The van der Waals surface area contributed by atoms with E-state index in [2.05, 4.69) is 5.32 Å². The average Bonchev–Trinajstić information content (AvgIpc) is 1.98. The van der Waals surface area contributed by atoms with Crippen LogP contribution in [0.2, 0.25) is 0 Å². The Morgan fingerprint density at radius 1 is 1.27 bits per heavy atom. The summed E-state index contributed by atoms with van der Waals surface area (Å²) in [6.45, 7) is 11.9. The smallest absolute Gasteiger partial charge is 0.317 e. The molecule has 2 amide bonds. The van der Waals surface area contributed by atoms with Gasteiger partial charge >= 0.3 is 6.03 Å². The molecule has 1 rings (SSSR count). The Hall–Kier alpha value is -0.770. The summed E-state index contributed by atoms with van der Waals surface area (Å²) >= 11 is 0. The fraction of sp³-hybridized carbons (Fsp3) is 0.909. The molecule has 0 bridgehead atoms. The Morgan fingerprint density at radius 3 is 2.13 bits per heavy atom. The lowest BCUT2D eigenvalue weighted by molar-refractivity contribution is -0.170. The zero-order chi connectivity index (χ0) is 11.7. The van der Waals surface area contributed by atoms with Crippen LogP contribution < -0.4 is 5.32 Å². The maximum atomic E-state index is 11.7. The van der Waals surface area contributed by atoms with E-state index in [0.717, 1.165) is 0 Å². The van der Waals surface area contributed by atoms with Gasteiger partial charge in [-0.25, -0.2) is 4.79 Å². The second kappa shape index (κ2) is 4.00. The van der Waals surface area contributed by atoms with Gasteiger partial charge in [0.25, 0.3) is 0 Å². The third kappa shape index (κ3) is 3.38. The highest BCUT2D eigenvalue weighted by Gasteiger charge is 2.39. The Kier molecular flexibility index (Phi) is 3.28. The van der Waals surface area contributed by atoms with Crippen molar-refractivity contribution < 1.29 is 9.53 Å². The molecule has 4 nitrogen and oxygen atoms in total. The third-order valence-electron chi connectivity index (χ3n) is 2.31. The molecule has 1 aliphatic rings. The van der Waals surface area contributed by atoms with Crippen molar-refractivity contribution in [2.24, 2.45) is 0 Å². The first-order chi connectivity index (χ1) is 6.76. The van der Waals surface area contributed by atoms with E-state index in [-0.39, 0.29) is 17.2 Å². The number of hydrogen-bond acceptors (Lipinski definition) is 2. The minimum Gasteiger partial charge on any atom is -0.366 e. The summed E-state index contributed by atoms with van der Waals surface area (Å²) in [6.07, 6.45) is 0. The Balaban J connectivity index is 2.71. The molecule has 15 heavy (non-hydrogen) atoms. The van der Waals surface area contributed by atoms with Gasteiger partial charge in [0, 0.05) is 6.54 Å². The van der Waals surface area contributed by atoms with E-state index < -0.39 is 0 Å². The zero-order valence-corrected chi connectivity index (χ0v) is 10.4. The monoisotopic (exact) mass is 214 g/mol. The highest BCUT2D eigenvalue weighted by molar-refractivity contribution is 5.74. The number of carbonyl (C=O) groups excluding carboxylic acids is 1. The van der Waals surface area contributed by atoms with Crippen molar-refractivity contribution in [3.05, 3.63) is 0 Å². The maximum Gasteiger partial charge on any atom is 0.317 e. The first-order valence-electron chi connectivity index (χ1n) is 5.49. The predicted molar refractivity (Wildman–Crippen MR) is 59.9 cm³/mol. The summed E-state index contributed by atoms with van der Waals surface area (Å²) in [5, 5.41) is 2.82. The van der Waals surface area contributed by atoms with Gasteiger partial charge in [-0.1, -0.05) is 0 Å². The number of nitrogens with zero attached hydrogens (tertiary/aromatic N) is 1. The topological polar surface area (TPSA) is 41.6 Å². The van der Waals surface area contributed by atoms with Crippen molar-refractivity contribution in [3.63, 3.8) is 0 Å². The van der Waals surface area contributed by atoms with Crippen LogP contribution in [-0.2, 0) is 4.74 Å². The SMILES string of the molecule is CCNC(=O)N1CC(C)(C)OC(C)(C)C1. The van der Waals surface area contributed by atoms with Gasteiger partial charge in [0.05, 0.1) is 24.3 Å². The summed E-state index contributed by atoms with van der Waals surface area (Å²) in [7, 11) is 0. The molecule has 0 atom stereocenters. The third-order valence-corrected chi connectivity index (χ3v) is 2.31. The van der Waals surface area contributed by atoms with E-state index in [1.807, 2.05) is 39.5 Å². The van der Waals surface area contributed by atoms with Crippen LogP contribution in [0.15, 0.2) is 0 Å². The minimum absolute atomic E-state index is 0.00181. The zero-order valence-electron chi connectivity index (χ0n) is 10.4. The molecular weight excluding hydrogens is 192 g/mol. The summed E-state index contributed by atoms with van der Waals surface area (Å²) in [5.41, 5.74) is -0.542. The van der Waals surface area contributed by atoms with Crippen LogP contribution in [0.4, 0.5) is 4.79 Å². The first kappa shape index (κ1) is 12.3. The summed E-state index contributed by atoms with van der Waals surface area (Å²) in [5.74, 6) is 0. The lowest BCUT2D eigenvalue weighted by atomic mass is 9.99. The van der Waals surface area contributed by atoms with Gasteiger partial charge in [-0.15, -0.1) is 0 Å². The van der Waals surface area contributed by atoms with Gasteiger partial charge in [-0.05, 0) is 34.6 Å². The van der Waals surface area contributed by atoms with Crippen LogP contribution in [-0.4, -0.2) is 41.8 Å². The van der Waals surface area contributed by atoms with Crippen LogP contribution in [0.3, 0.4) is 0 Å². The highest BCUT2D eigenvalue weighted by Crippen LogP contribution is 2.27. The summed E-state index contributed by atoms with van der Waals surface area (Å²) in [4.78, 5) is 13.6. The minimum atomic E-state index is -0.271. The van der Waals surface area contributed by atoms with E-state index >= 15 is 0 Å². The molecule has 1 N–H and O–H groups in total. The van der Waals surface area contributed by atoms with Crippen LogP contribution in [0, 0.1) is 0 Å². The quantitative estimate of drug-likeness (QED) is 0.720. The molecule has 0 saturated carbocycles. The number of rotatable bonds is 1. The highest BCUT2D eigenvalue weighted by atomic mass is 16.5. The van der Waals surface area contributed by atoms with Gasteiger partial charge in [-0.3, -0.25) is 0 Å². The van der Waals surface area contributed by atoms with E-state index in [0.29, 0.717) is 19.6 Å². The van der Waals surface area contributed by atoms with Crippen LogP contribution in [0.5, 0.6) is 0 Å². The second-order valence-electron chi connectivity index (χ2n) is 5.31. The first-order valence-corrected chi connectivity index (χ1v) is 5.49. The van der Waals surface area contributed by atoms with Crippen molar-refractivity contribution in [1.82, 2.24) is 10.2 Å². The van der Waals surface area contributed by atoms with Gasteiger partial charge in [0.15, 0.2) is 0 Å². The van der Waals surface area contributed by atoms with Gasteiger partial charge in [-0.2, -0.15) is 0 Å². The molecule has 0 unspecified atom stereocenters. The van der Waals surface area contributed by atoms with Crippen molar-refractivity contribution in [2.75, 3.05) is 19.6 Å². The van der Waals surface area contributed by atoms with Crippen LogP contribution >= 0.6 is 0 Å². The molecule has 88 valence electrons. The molecule has 0 spiro atoms. The molecule has 4 heteroatoms. The standard InChI is InChI=1S/C11H22N2O2/c1-6-12-9(14)13-7-10(2,3)15-11(4,5)8-13/h6-8H2,1-5H3,(H,12,14). The van der Waals surface area contributed by atoms with Gasteiger partial charge < -0.3 is 15.0 Å². The van der Waals surface area contributed by atoms with Crippen molar-refractivity contribution in [3.8, 4) is 0 Å². The number of ether oxygens (including phenoxy) is 1. The van der Waals surface area contributed by atoms with Crippen molar-refractivity contribution >= 4 is 6.03 Å². The maximum absolute atomic E-state index is 11.7. The van der Waals surface area contributed by atoms with E-state index in [4.69, 9.17) is 4.74 Å². The van der Waals surface area contributed by atoms with E-state index in [1.165, 1.54) is 0 Å². The van der Waals surface area contributed by atoms with Crippen LogP contribution in [0.1, 0.15) is 34.6 Å². The number of morpholine rings is 1. The fourth-order valence-electron chi connectivity index (χ4n) is 2.19. The number of hydrogen-bond donors (Lipinski definition) is 1. The summed E-state index contributed by atoms with van der Waals surface area (Å²) in [6, 6.07) is 0.00181. The Morgan fingerprint density at radius 2 is 1.73 bits per heavy atom. The Bertz CT molecular complexity index is 233. The fourth-order valence-corrected chi connectivity index (χ4v) is 2.19. The molecule has 0 aromatic heterocycles. The van der Waals surface area contributed by atoms with Crippen LogP contribution in [0.25, 0.3) is 0 Å². The molecule has 0 radical (unpaired) electrons. The molecule has 1 aliphatic heterocycles. The van der Waals surface area contributed by atoms with Gasteiger partial charge in [0.2, 0.25) is 0 Å². The molecule has 1 heterocycles. The molecular formula is C11H22N2O2. The van der Waals surface area contributed by atoms with E-state index in [1.54, 1.807) is 0 Å². The largest absolute Gasteiger partial charge is 0.366 e. The number of urea groups is 1. The average molecular weight is 214 g/mol.